The number of nitrogens with one attached hydrogen (secondary N) is 2. The van der Waals surface area contributed by atoms with E-state index in [1.807, 2.05) is 20.8 Å². The molecule has 0 aliphatic rings. The van der Waals surface area contributed by atoms with E-state index >= 15 is 0 Å². The molecule has 27 heavy (non-hydrogen) atoms. The van der Waals surface area contributed by atoms with Gasteiger partial charge in [-0.25, -0.2) is 9.98 Å². The van der Waals surface area contributed by atoms with E-state index < -0.39 is 6.36 Å². The minimum Gasteiger partial charge on any atom is -0.406 e. The fraction of sp³-hybridized carbons (Fsp3) is 0.444. The number of halogens is 3. The fourth-order valence-corrected chi connectivity index (χ4v) is 3.26. The van der Waals surface area contributed by atoms with Crippen LogP contribution in [-0.4, -0.2) is 30.4 Å². The molecule has 0 saturated carbocycles. The molecule has 0 radical (unpaired) electrons. The molecule has 0 unspecified atom stereocenters. The van der Waals surface area contributed by atoms with Crippen molar-refractivity contribution in [2.45, 2.75) is 40.1 Å². The number of rotatable bonds is 7. The van der Waals surface area contributed by atoms with Crippen LogP contribution in [0.2, 0.25) is 0 Å². The number of aromatic nitrogens is 1. The van der Waals surface area contributed by atoms with Crippen molar-refractivity contribution in [3.8, 4) is 5.75 Å². The predicted molar refractivity (Wildman–Crippen MR) is 101 cm³/mol. The van der Waals surface area contributed by atoms with E-state index in [0.717, 1.165) is 27.7 Å². The Kier molecular flexibility index (Phi) is 7.46. The van der Waals surface area contributed by atoms with Crippen LogP contribution in [0.15, 0.2) is 29.3 Å². The number of hydrogen-bond acceptors (Lipinski definition) is 4. The molecule has 0 fully saturated rings. The van der Waals surface area contributed by atoms with E-state index in [0.29, 0.717) is 25.5 Å². The summed E-state index contributed by atoms with van der Waals surface area (Å²) in [5, 5.41) is 7.43. The second-order valence-corrected chi connectivity index (χ2v) is 7.09. The Morgan fingerprint density at radius 3 is 2.44 bits per heavy atom. The monoisotopic (exact) mass is 400 g/mol. The Morgan fingerprint density at radius 2 is 1.89 bits per heavy atom. The second-order valence-electron chi connectivity index (χ2n) is 5.81. The van der Waals surface area contributed by atoms with Gasteiger partial charge in [-0.1, -0.05) is 12.1 Å². The molecule has 0 atom stereocenters. The topological polar surface area (TPSA) is 58.5 Å². The van der Waals surface area contributed by atoms with Gasteiger partial charge in [0.1, 0.15) is 5.75 Å². The average molecular weight is 400 g/mol. The van der Waals surface area contributed by atoms with Crippen LogP contribution in [0.3, 0.4) is 0 Å². The standard InChI is InChI=1S/C18H23F3N4OS/c1-4-22-17(24-11-16-12(2)25-13(3)27-16)23-10-9-14-5-7-15(8-6-14)26-18(19,20)21/h5-8H,4,9-11H2,1-3H3,(H2,22,23,24). The molecule has 148 valence electrons. The molecule has 0 bridgehead atoms. The zero-order valence-electron chi connectivity index (χ0n) is 15.5. The van der Waals surface area contributed by atoms with Gasteiger partial charge in [-0.05, 0) is 44.9 Å². The SMILES string of the molecule is CCNC(=NCc1sc(C)nc1C)NCCc1ccc(OC(F)(F)F)cc1. The maximum absolute atomic E-state index is 12.2. The Morgan fingerprint density at radius 1 is 1.19 bits per heavy atom. The number of benzene rings is 1. The molecule has 2 N–H and O–H groups in total. The number of aryl methyl sites for hydroxylation is 2. The van der Waals surface area contributed by atoms with Gasteiger partial charge in [0.05, 0.1) is 17.2 Å². The van der Waals surface area contributed by atoms with Crippen molar-refractivity contribution >= 4 is 17.3 Å². The summed E-state index contributed by atoms with van der Waals surface area (Å²) in [5.74, 6) is 0.476. The highest BCUT2D eigenvalue weighted by Gasteiger charge is 2.30. The molecule has 2 aromatic rings. The molecule has 0 amide bonds. The minimum absolute atomic E-state index is 0.218. The summed E-state index contributed by atoms with van der Waals surface area (Å²) in [4.78, 5) is 10.1. The summed E-state index contributed by atoms with van der Waals surface area (Å²) in [6.07, 6.45) is -4.02. The smallest absolute Gasteiger partial charge is 0.406 e. The lowest BCUT2D eigenvalue weighted by Crippen LogP contribution is -2.38. The minimum atomic E-state index is -4.67. The van der Waals surface area contributed by atoms with Crippen molar-refractivity contribution < 1.29 is 17.9 Å². The molecule has 1 aromatic heterocycles. The zero-order valence-corrected chi connectivity index (χ0v) is 16.3. The first-order chi connectivity index (χ1) is 12.8. The third-order valence-electron chi connectivity index (χ3n) is 3.59. The summed E-state index contributed by atoms with van der Waals surface area (Å²) in [6, 6.07) is 5.88. The van der Waals surface area contributed by atoms with Crippen LogP contribution in [0.1, 0.15) is 28.1 Å². The van der Waals surface area contributed by atoms with Gasteiger partial charge in [-0.15, -0.1) is 24.5 Å². The third kappa shape index (κ3) is 7.46. The van der Waals surface area contributed by atoms with Crippen molar-refractivity contribution in [3.63, 3.8) is 0 Å². The molecule has 0 aliphatic carbocycles. The second kappa shape index (κ2) is 9.59. The summed E-state index contributed by atoms with van der Waals surface area (Å²) >= 11 is 1.63. The number of guanidine groups is 1. The Hall–Kier alpha value is -2.29. The highest BCUT2D eigenvalue weighted by Crippen LogP contribution is 2.22. The van der Waals surface area contributed by atoms with Crippen molar-refractivity contribution in [1.29, 1.82) is 0 Å². The molecule has 0 spiro atoms. The van der Waals surface area contributed by atoms with E-state index in [1.54, 1.807) is 23.5 Å². The molecule has 9 heteroatoms. The normalized spacial score (nSPS) is 12.1. The zero-order chi connectivity index (χ0) is 19.9. The number of aliphatic imine (C=N–C) groups is 1. The van der Waals surface area contributed by atoms with Crippen LogP contribution < -0.4 is 15.4 Å². The largest absolute Gasteiger partial charge is 0.573 e. The molecular formula is C18H23F3N4OS. The maximum Gasteiger partial charge on any atom is 0.573 e. The third-order valence-corrected chi connectivity index (χ3v) is 4.65. The van der Waals surface area contributed by atoms with E-state index in [2.05, 4.69) is 25.3 Å². The van der Waals surface area contributed by atoms with E-state index in [9.17, 15) is 13.2 Å². The number of alkyl halides is 3. The average Bonchev–Trinajstić information content (AvgIpc) is 2.90. The lowest BCUT2D eigenvalue weighted by molar-refractivity contribution is -0.274. The van der Waals surface area contributed by atoms with Gasteiger partial charge in [0, 0.05) is 18.0 Å². The predicted octanol–water partition coefficient (Wildman–Crippen LogP) is 3.96. The highest BCUT2D eigenvalue weighted by molar-refractivity contribution is 7.11. The van der Waals surface area contributed by atoms with Crippen LogP contribution in [0.4, 0.5) is 13.2 Å². The first-order valence-electron chi connectivity index (χ1n) is 8.56. The van der Waals surface area contributed by atoms with Gasteiger partial charge in [0.25, 0.3) is 0 Å². The number of ether oxygens (including phenoxy) is 1. The van der Waals surface area contributed by atoms with Crippen LogP contribution >= 0.6 is 11.3 Å². The summed E-state index contributed by atoms with van der Waals surface area (Å²) in [7, 11) is 0. The van der Waals surface area contributed by atoms with Crippen molar-refractivity contribution in [2.75, 3.05) is 13.1 Å². The molecular weight excluding hydrogens is 377 g/mol. The van der Waals surface area contributed by atoms with Crippen LogP contribution in [0.25, 0.3) is 0 Å². The van der Waals surface area contributed by atoms with E-state index in [4.69, 9.17) is 0 Å². The maximum atomic E-state index is 12.2. The van der Waals surface area contributed by atoms with Crippen molar-refractivity contribution in [1.82, 2.24) is 15.6 Å². The van der Waals surface area contributed by atoms with Gasteiger partial charge in [0.15, 0.2) is 5.96 Å². The van der Waals surface area contributed by atoms with Gasteiger partial charge in [-0.3, -0.25) is 0 Å². The molecule has 1 heterocycles. The molecule has 0 saturated heterocycles. The fourth-order valence-electron chi connectivity index (χ4n) is 2.40. The Balaban J connectivity index is 1.86. The summed E-state index contributed by atoms with van der Waals surface area (Å²) in [6.45, 7) is 7.82. The summed E-state index contributed by atoms with van der Waals surface area (Å²) < 4.78 is 40.4. The first kappa shape index (κ1) is 21.0. The lowest BCUT2D eigenvalue weighted by Gasteiger charge is -2.12. The van der Waals surface area contributed by atoms with Gasteiger partial charge in [-0.2, -0.15) is 0 Å². The number of hydrogen-bond donors (Lipinski definition) is 2. The highest BCUT2D eigenvalue weighted by atomic mass is 32.1. The molecule has 1 aromatic carbocycles. The van der Waals surface area contributed by atoms with Crippen LogP contribution in [-0.2, 0) is 13.0 Å². The van der Waals surface area contributed by atoms with Crippen LogP contribution in [0.5, 0.6) is 5.75 Å². The Labute approximate surface area is 160 Å². The van der Waals surface area contributed by atoms with Crippen molar-refractivity contribution in [2.24, 2.45) is 4.99 Å². The number of thiazole rings is 1. The van der Waals surface area contributed by atoms with Gasteiger partial charge in [0.2, 0.25) is 0 Å². The molecule has 5 nitrogen and oxygen atoms in total. The quantitative estimate of drug-likeness (QED) is 0.546. The van der Waals surface area contributed by atoms with E-state index in [1.165, 1.54) is 12.1 Å². The summed E-state index contributed by atoms with van der Waals surface area (Å²) in [5.41, 5.74) is 1.90. The lowest BCUT2D eigenvalue weighted by atomic mass is 10.1. The van der Waals surface area contributed by atoms with Crippen LogP contribution in [0, 0.1) is 13.8 Å². The number of nitrogens with zero attached hydrogens (tertiary/aromatic N) is 2. The van der Waals surface area contributed by atoms with Gasteiger partial charge >= 0.3 is 6.36 Å². The molecule has 2 rings (SSSR count). The van der Waals surface area contributed by atoms with E-state index in [-0.39, 0.29) is 5.75 Å². The Bertz CT molecular complexity index is 757. The van der Waals surface area contributed by atoms with Crippen molar-refractivity contribution in [3.05, 3.63) is 45.4 Å². The first-order valence-corrected chi connectivity index (χ1v) is 9.38. The molecule has 0 aliphatic heterocycles. The van der Waals surface area contributed by atoms with Gasteiger partial charge < -0.3 is 15.4 Å².